The van der Waals surface area contributed by atoms with Crippen molar-refractivity contribution >= 4 is 25.2 Å². The summed E-state index contributed by atoms with van der Waals surface area (Å²) in [5.74, 6) is 0.274. The molecule has 0 amide bonds. The number of carbonyl (C=O) groups excluding carboxylic acids is 1. The summed E-state index contributed by atoms with van der Waals surface area (Å²) in [5, 5.41) is 0.647. The molecule has 0 aromatic heterocycles. The molecule has 1 nitrogen and oxygen atoms in total. The number of Topliss-reactive ketones (excluding diaryl/α,β-unsaturated/α-hetero) is 1. The van der Waals surface area contributed by atoms with Gasteiger partial charge in [0, 0.05) is 0 Å². The Morgan fingerprint density at radius 2 is 1.67 bits per heavy atom. The molecule has 0 unspecified atom stereocenters. The van der Waals surface area contributed by atoms with E-state index in [1.807, 2.05) is 42.5 Å². The molecule has 2 rings (SSSR count). The molecule has 0 aliphatic rings. The molecule has 0 heterocycles. The molecular weight excluding hydrogens is 287 g/mol. The molecule has 0 saturated carbocycles. The summed E-state index contributed by atoms with van der Waals surface area (Å²) in [5.41, 5.74) is 2.06. The van der Waals surface area contributed by atoms with Crippen LogP contribution in [0.25, 0.3) is 0 Å². The van der Waals surface area contributed by atoms with E-state index in [-0.39, 0.29) is 20.7 Å². The van der Waals surface area contributed by atoms with Crippen molar-refractivity contribution in [1.82, 2.24) is 0 Å². The van der Waals surface area contributed by atoms with Crippen LogP contribution in [-0.2, 0) is 6.42 Å². The summed E-state index contributed by atoms with van der Waals surface area (Å²) in [6.45, 7) is 2.09. The molecule has 0 N–H and O–H groups in total. The summed E-state index contributed by atoms with van der Waals surface area (Å²) < 4.78 is 1.28. The Hall–Kier alpha value is -1.37. The first kappa shape index (κ1) is 13.1. The summed E-state index contributed by atoms with van der Waals surface area (Å²) in [6, 6.07) is 18.2. The van der Waals surface area contributed by atoms with Crippen LogP contribution >= 0.6 is 0 Å². The first-order valence-corrected chi connectivity index (χ1v) is 8.17. The van der Waals surface area contributed by atoms with Gasteiger partial charge in [-0.25, -0.2) is 0 Å². The molecule has 0 aliphatic heterocycles. The first-order chi connectivity index (χ1) is 8.81. The van der Waals surface area contributed by atoms with Gasteiger partial charge in [-0.15, -0.1) is 0 Å². The van der Waals surface area contributed by atoms with Gasteiger partial charge >= 0.3 is 114 Å². The quantitative estimate of drug-likeness (QED) is 0.613. The molecule has 0 radical (unpaired) electrons. The number of benzene rings is 2. The van der Waals surface area contributed by atoms with Crippen molar-refractivity contribution in [2.45, 2.75) is 18.7 Å². The van der Waals surface area contributed by atoms with Gasteiger partial charge in [0.25, 0.3) is 0 Å². The van der Waals surface area contributed by atoms with Gasteiger partial charge in [0.15, 0.2) is 0 Å². The van der Waals surface area contributed by atoms with Gasteiger partial charge in [0.2, 0.25) is 0 Å². The molecule has 0 atom stereocenters. The van der Waals surface area contributed by atoms with E-state index in [0.717, 1.165) is 17.5 Å². The number of ketones is 1. The monoisotopic (exact) mass is 304 g/mol. The van der Waals surface area contributed by atoms with Crippen molar-refractivity contribution in [3.63, 3.8) is 0 Å². The zero-order valence-corrected chi connectivity index (χ0v) is 12.1. The van der Waals surface area contributed by atoms with Crippen LogP contribution in [0.2, 0.25) is 5.32 Å². The van der Waals surface area contributed by atoms with Crippen LogP contribution in [0.15, 0.2) is 54.6 Å². The SMILES string of the molecule is CCc1ccccc1C(=O)C[Se]c1ccccc1. The third-order valence-corrected chi connectivity index (χ3v) is 4.94. The van der Waals surface area contributed by atoms with Gasteiger partial charge in [0.05, 0.1) is 0 Å². The Bertz CT molecular complexity index is 520. The first-order valence-electron chi connectivity index (χ1n) is 6.10. The average Bonchev–Trinajstić information content (AvgIpc) is 2.45. The van der Waals surface area contributed by atoms with Gasteiger partial charge in [-0.1, -0.05) is 0 Å². The Kier molecular flexibility index (Phi) is 4.74. The molecule has 0 aliphatic carbocycles. The van der Waals surface area contributed by atoms with Gasteiger partial charge in [0.1, 0.15) is 0 Å². The number of hydrogen-bond donors (Lipinski definition) is 0. The summed E-state index contributed by atoms with van der Waals surface area (Å²) in [6.07, 6.45) is 0.917. The molecule has 2 aromatic carbocycles. The molecule has 92 valence electrons. The van der Waals surface area contributed by atoms with E-state index in [1.54, 1.807) is 0 Å². The second-order valence-corrected chi connectivity index (χ2v) is 6.24. The van der Waals surface area contributed by atoms with E-state index in [0.29, 0.717) is 5.32 Å². The van der Waals surface area contributed by atoms with E-state index in [9.17, 15) is 4.79 Å². The van der Waals surface area contributed by atoms with Crippen LogP contribution in [-0.4, -0.2) is 20.7 Å². The van der Waals surface area contributed by atoms with Crippen LogP contribution in [0.1, 0.15) is 22.8 Å². The van der Waals surface area contributed by atoms with Crippen molar-refractivity contribution in [2.24, 2.45) is 0 Å². The van der Waals surface area contributed by atoms with Crippen molar-refractivity contribution in [3.05, 3.63) is 65.7 Å². The van der Waals surface area contributed by atoms with Gasteiger partial charge in [-0.2, -0.15) is 0 Å². The third kappa shape index (κ3) is 3.32. The van der Waals surface area contributed by atoms with Crippen molar-refractivity contribution in [1.29, 1.82) is 0 Å². The minimum absolute atomic E-state index is 0.235. The van der Waals surface area contributed by atoms with Gasteiger partial charge < -0.3 is 0 Å². The van der Waals surface area contributed by atoms with E-state index in [2.05, 4.69) is 19.1 Å². The average molecular weight is 303 g/mol. The molecule has 0 fully saturated rings. The fraction of sp³-hybridized carbons (Fsp3) is 0.188. The Balaban J connectivity index is 2.04. The molecule has 0 spiro atoms. The standard InChI is InChI=1S/C16H16OSe/c1-2-13-8-6-7-11-15(13)16(17)12-18-14-9-4-3-5-10-14/h3-11H,2,12H2,1H3. The molecule has 0 bridgehead atoms. The fourth-order valence-electron chi connectivity index (χ4n) is 1.84. The molecule has 18 heavy (non-hydrogen) atoms. The van der Waals surface area contributed by atoms with Crippen molar-refractivity contribution in [3.8, 4) is 0 Å². The molecule has 2 heteroatoms. The van der Waals surface area contributed by atoms with Gasteiger partial charge in [-0.05, 0) is 0 Å². The predicted molar refractivity (Wildman–Crippen MR) is 76.8 cm³/mol. The molecule has 2 aromatic rings. The van der Waals surface area contributed by atoms with Gasteiger partial charge in [-0.3, -0.25) is 0 Å². The zero-order chi connectivity index (χ0) is 12.8. The molecule has 0 saturated heterocycles. The van der Waals surface area contributed by atoms with Crippen LogP contribution in [0.3, 0.4) is 0 Å². The predicted octanol–water partition coefficient (Wildman–Crippen LogP) is 2.88. The normalized spacial score (nSPS) is 10.3. The maximum absolute atomic E-state index is 12.2. The number of carbonyl (C=O) groups is 1. The maximum atomic E-state index is 12.2. The van der Waals surface area contributed by atoms with E-state index in [4.69, 9.17) is 0 Å². The van der Waals surface area contributed by atoms with Crippen molar-refractivity contribution < 1.29 is 4.79 Å². The Morgan fingerprint density at radius 3 is 2.39 bits per heavy atom. The van der Waals surface area contributed by atoms with Crippen LogP contribution in [0.5, 0.6) is 0 Å². The Labute approximate surface area is 114 Å². The second-order valence-electron chi connectivity index (χ2n) is 4.04. The fourth-order valence-corrected chi connectivity index (χ4v) is 3.53. The summed E-state index contributed by atoms with van der Waals surface area (Å²) in [7, 11) is 0. The topological polar surface area (TPSA) is 17.1 Å². The Morgan fingerprint density at radius 1 is 1.00 bits per heavy atom. The van der Waals surface area contributed by atoms with Crippen LogP contribution in [0.4, 0.5) is 0 Å². The van der Waals surface area contributed by atoms with E-state index < -0.39 is 0 Å². The molecular formula is C16H16OSe. The number of rotatable bonds is 5. The van der Waals surface area contributed by atoms with Crippen molar-refractivity contribution in [2.75, 3.05) is 0 Å². The summed E-state index contributed by atoms with van der Waals surface area (Å²) in [4.78, 5) is 12.2. The zero-order valence-electron chi connectivity index (χ0n) is 10.4. The third-order valence-electron chi connectivity index (χ3n) is 2.81. The summed E-state index contributed by atoms with van der Waals surface area (Å²) >= 11 is 0.235. The van der Waals surface area contributed by atoms with Crippen LogP contribution < -0.4 is 4.46 Å². The van der Waals surface area contributed by atoms with E-state index in [1.165, 1.54) is 4.46 Å². The minimum atomic E-state index is 0.235. The van der Waals surface area contributed by atoms with Crippen LogP contribution in [0, 0.1) is 0 Å². The number of hydrogen-bond acceptors (Lipinski definition) is 1. The van der Waals surface area contributed by atoms with E-state index >= 15 is 0 Å². The number of aryl methyl sites for hydroxylation is 1. The second kappa shape index (κ2) is 6.53.